The predicted molar refractivity (Wildman–Crippen MR) is 113 cm³/mol. The molecule has 10 nitrogen and oxygen atoms in total. The number of aromatic nitrogens is 2. The van der Waals surface area contributed by atoms with Gasteiger partial charge in [0, 0.05) is 58.1 Å². The fourth-order valence-corrected chi connectivity index (χ4v) is 3.32. The van der Waals surface area contributed by atoms with Gasteiger partial charge in [0.05, 0.1) is 12.3 Å². The average molecular weight is 449 g/mol. The fraction of sp³-hybridized carbons (Fsp3) is 0.400. The lowest BCUT2D eigenvalue weighted by atomic mass is 10.2. The van der Waals surface area contributed by atoms with Crippen LogP contribution in [0.2, 0.25) is 0 Å². The van der Waals surface area contributed by atoms with Crippen LogP contribution in [-0.4, -0.2) is 78.3 Å². The number of piperazine rings is 1. The van der Waals surface area contributed by atoms with Gasteiger partial charge in [0.15, 0.2) is 11.6 Å². The Morgan fingerprint density at radius 3 is 2.56 bits per heavy atom. The zero-order valence-corrected chi connectivity index (χ0v) is 17.6. The number of amides is 3. The Morgan fingerprint density at radius 1 is 1.16 bits per heavy atom. The number of aliphatic hydroxyl groups is 1. The molecule has 172 valence electrons. The molecule has 1 aliphatic rings. The summed E-state index contributed by atoms with van der Waals surface area (Å²) >= 11 is 0. The van der Waals surface area contributed by atoms with E-state index >= 15 is 0 Å². The molecule has 0 aliphatic carbocycles. The smallest absolute Gasteiger partial charge is 0.320 e. The number of anilines is 2. The first-order valence-corrected chi connectivity index (χ1v) is 10.1. The van der Waals surface area contributed by atoms with Crippen LogP contribution < -0.4 is 20.9 Å². The standard InChI is InChI=1S/C20H25F2N7O3/c1-23-19(31)14-2-3-15(17(22)26-14)29-9-7-28(8-10-29)12-13-4-5-24-18(16(13)21)27-20(32)25-6-11-30/h2-5,30H,6-12H2,1H3,(H,23,31)(H2,24,25,27,32). The third-order valence-electron chi connectivity index (χ3n) is 4.99. The number of nitrogens with zero attached hydrogens (tertiary/aromatic N) is 4. The van der Waals surface area contributed by atoms with Gasteiger partial charge in [-0.25, -0.2) is 19.2 Å². The van der Waals surface area contributed by atoms with Gasteiger partial charge in [-0.3, -0.25) is 15.0 Å². The molecule has 1 saturated heterocycles. The number of nitrogens with one attached hydrogen (secondary N) is 3. The first-order valence-electron chi connectivity index (χ1n) is 10.1. The van der Waals surface area contributed by atoms with Crippen molar-refractivity contribution in [2.75, 3.05) is 56.6 Å². The van der Waals surface area contributed by atoms with Crippen molar-refractivity contribution in [3.05, 3.63) is 47.4 Å². The second-order valence-corrected chi connectivity index (χ2v) is 7.09. The maximum Gasteiger partial charge on any atom is 0.320 e. The third kappa shape index (κ3) is 5.65. The molecule has 2 aromatic heterocycles. The minimum absolute atomic E-state index is 0.00926. The molecule has 32 heavy (non-hydrogen) atoms. The van der Waals surface area contributed by atoms with Crippen LogP contribution in [0.1, 0.15) is 16.1 Å². The Hall–Kier alpha value is -3.38. The van der Waals surface area contributed by atoms with E-state index in [0.717, 1.165) is 0 Å². The van der Waals surface area contributed by atoms with Gasteiger partial charge in [-0.05, 0) is 18.2 Å². The zero-order valence-electron chi connectivity index (χ0n) is 17.6. The fourth-order valence-electron chi connectivity index (χ4n) is 3.32. The lowest BCUT2D eigenvalue weighted by Gasteiger charge is -2.36. The summed E-state index contributed by atoms with van der Waals surface area (Å²) in [6, 6.07) is 3.89. The second kappa shape index (κ2) is 10.8. The number of hydrogen-bond acceptors (Lipinski definition) is 7. The summed E-state index contributed by atoms with van der Waals surface area (Å²) in [6.07, 6.45) is 1.41. The highest BCUT2D eigenvalue weighted by molar-refractivity contribution is 5.92. The van der Waals surface area contributed by atoms with Crippen molar-refractivity contribution in [1.29, 1.82) is 0 Å². The molecule has 0 radical (unpaired) electrons. The van der Waals surface area contributed by atoms with E-state index in [2.05, 4.69) is 25.9 Å². The first-order chi connectivity index (χ1) is 15.4. The quantitative estimate of drug-likeness (QED) is 0.456. The van der Waals surface area contributed by atoms with Crippen LogP contribution in [0, 0.1) is 11.8 Å². The average Bonchev–Trinajstić information content (AvgIpc) is 2.80. The molecule has 3 heterocycles. The largest absolute Gasteiger partial charge is 0.395 e. The van der Waals surface area contributed by atoms with E-state index in [1.165, 1.54) is 25.4 Å². The molecular formula is C20H25F2N7O3. The highest BCUT2D eigenvalue weighted by atomic mass is 19.1. The zero-order chi connectivity index (χ0) is 23.1. The van der Waals surface area contributed by atoms with Crippen LogP contribution in [-0.2, 0) is 6.54 Å². The van der Waals surface area contributed by atoms with Crippen LogP contribution in [0.3, 0.4) is 0 Å². The Kier molecular flexibility index (Phi) is 7.84. The maximum absolute atomic E-state index is 14.8. The van der Waals surface area contributed by atoms with Gasteiger partial charge >= 0.3 is 6.03 Å². The van der Waals surface area contributed by atoms with Crippen molar-refractivity contribution >= 4 is 23.4 Å². The van der Waals surface area contributed by atoms with Gasteiger partial charge in [-0.15, -0.1) is 0 Å². The summed E-state index contributed by atoms with van der Waals surface area (Å²) in [4.78, 5) is 34.7. The van der Waals surface area contributed by atoms with E-state index in [9.17, 15) is 18.4 Å². The topological polar surface area (TPSA) is 123 Å². The summed E-state index contributed by atoms with van der Waals surface area (Å²) in [5, 5.41) is 15.8. The summed E-state index contributed by atoms with van der Waals surface area (Å²) < 4.78 is 29.2. The molecule has 12 heteroatoms. The Morgan fingerprint density at radius 2 is 1.91 bits per heavy atom. The van der Waals surface area contributed by atoms with Crippen molar-refractivity contribution < 1.29 is 23.5 Å². The maximum atomic E-state index is 14.8. The van der Waals surface area contributed by atoms with Crippen molar-refractivity contribution in [3.8, 4) is 0 Å². The molecule has 3 rings (SSSR count). The van der Waals surface area contributed by atoms with Gasteiger partial charge in [0.2, 0.25) is 5.95 Å². The lowest BCUT2D eigenvalue weighted by molar-refractivity contribution is 0.0957. The van der Waals surface area contributed by atoms with Crippen LogP contribution >= 0.6 is 0 Å². The van der Waals surface area contributed by atoms with Crippen molar-refractivity contribution in [2.24, 2.45) is 0 Å². The first kappa shape index (κ1) is 23.3. The molecule has 1 fully saturated rings. The monoisotopic (exact) mass is 449 g/mol. The number of pyridine rings is 2. The molecule has 0 aromatic carbocycles. The summed E-state index contributed by atoms with van der Waals surface area (Å²) in [5.74, 6) is -2.00. The van der Waals surface area contributed by atoms with E-state index in [-0.39, 0.29) is 24.7 Å². The normalized spacial score (nSPS) is 14.2. The van der Waals surface area contributed by atoms with Gasteiger partial charge in [0.25, 0.3) is 5.91 Å². The molecule has 1 aliphatic heterocycles. The summed E-state index contributed by atoms with van der Waals surface area (Å²) in [5.41, 5.74) is 0.691. The van der Waals surface area contributed by atoms with Gasteiger partial charge in [-0.2, -0.15) is 4.39 Å². The van der Waals surface area contributed by atoms with E-state index in [1.807, 2.05) is 9.80 Å². The van der Waals surface area contributed by atoms with E-state index in [0.29, 0.717) is 44.0 Å². The number of urea groups is 1. The van der Waals surface area contributed by atoms with Crippen LogP contribution in [0.25, 0.3) is 0 Å². The Bertz CT molecular complexity index is 968. The highest BCUT2D eigenvalue weighted by Gasteiger charge is 2.22. The number of rotatable bonds is 7. The molecule has 0 spiro atoms. The summed E-state index contributed by atoms with van der Waals surface area (Å²) in [6.45, 7) is 2.22. The highest BCUT2D eigenvalue weighted by Crippen LogP contribution is 2.22. The van der Waals surface area contributed by atoms with E-state index in [4.69, 9.17) is 5.11 Å². The molecule has 0 saturated carbocycles. The van der Waals surface area contributed by atoms with Gasteiger partial charge < -0.3 is 20.6 Å². The molecule has 4 N–H and O–H groups in total. The molecule has 3 amide bonds. The van der Waals surface area contributed by atoms with Crippen LogP contribution in [0.15, 0.2) is 24.4 Å². The Labute approximate surface area is 183 Å². The van der Waals surface area contributed by atoms with Crippen LogP contribution in [0.4, 0.5) is 25.1 Å². The van der Waals surface area contributed by atoms with Crippen molar-refractivity contribution in [1.82, 2.24) is 25.5 Å². The molecule has 0 unspecified atom stereocenters. The Balaban J connectivity index is 1.59. The molecule has 0 atom stereocenters. The lowest BCUT2D eigenvalue weighted by Crippen LogP contribution is -2.46. The van der Waals surface area contributed by atoms with Crippen molar-refractivity contribution in [2.45, 2.75) is 6.54 Å². The SMILES string of the molecule is CNC(=O)c1ccc(N2CCN(Cc3ccnc(NC(=O)NCCO)c3F)CC2)c(F)n1. The number of halogens is 2. The third-order valence-corrected chi connectivity index (χ3v) is 4.99. The number of carbonyl (C=O) groups excluding carboxylic acids is 2. The van der Waals surface area contributed by atoms with Gasteiger partial charge in [0.1, 0.15) is 5.69 Å². The van der Waals surface area contributed by atoms with E-state index in [1.54, 1.807) is 6.07 Å². The minimum atomic E-state index is -0.713. The number of carbonyl (C=O) groups is 2. The molecule has 0 bridgehead atoms. The second-order valence-electron chi connectivity index (χ2n) is 7.09. The molecule has 2 aromatic rings. The van der Waals surface area contributed by atoms with Gasteiger partial charge in [-0.1, -0.05) is 0 Å². The predicted octanol–water partition coefficient (Wildman–Crippen LogP) is 0.550. The van der Waals surface area contributed by atoms with Crippen LogP contribution in [0.5, 0.6) is 0 Å². The summed E-state index contributed by atoms with van der Waals surface area (Å²) in [7, 11) is 1.45. The van der Waals surface area contributed by atoms with E-state index < -0.39 is 23.7 Å². The molecular weight excluding hydrogens is 424 g/mol. The number of hydrogen-bond donors (Lipinski definition) is 4. The van der Waals surface area contributed by atoms with Crippen molar-refractivity contribution in [3.63, 3.8) is 0 Å². The minimum Gasteiger partial charge on any atom is -0.395 e. The number of aliphatic hydroxyl groups excluding tert-OH is 1.